The maximum absolute atomic E-state index is 5.82. The number of rotatable bonds is 7. The summed E-state index contributed by atoms with van der Waals surface area (Å²) >= 11 is -1.77. The first-order valence-corrected chi connectivity index (χ1v) is 21.1. The standard InChI is InChI=1S/C29H36N.C10H12O.2ClH.Ru/c1-20(2)25-13-10-14-26(21(3)4)27(25)30-19-29(7,18-28(30,5)6)24-16-15-22-11-8-9-12-23(22)17-24;1-8(2)11-10-7-5-4-6-9(10)3;;;/h8-17,19-21H,18H2,1-7H3;3-8H,1-2H3;2*1H;/q-1;;;;+2/p-2. The monoisotopic (exact) mass is 718 g/mol. The molecule has 1 unspecified atom stereocenters. The quantitative estimate of drug-likeness (QED) is 0.139. The summed E-state index contributed by atoms with van der Waals surface area (Å²) in [5.41, 5.74) is 6.79. The van der Waals surface area contributed by atoms with E-state index in [2.05, 4.69) is 121 Å². The molecule has 0 aromatic heterocycles. The van der Waals surface area contributed by atoms with Crippen LogP contribution < -0.4 is 9.64 Å². The number of para-hydroxylation sites is 2. The molecule has 1 saturated heterocycles. The van der Waals surface area contributed by atoms with Gasteiger partial charge in [0.1, 0.15) is 0 Å². The van der Waals surface area contributed by atoms with Crippen LogP contribution in [0.5, 0.6) is 5.75 Å². The topological polar surface area (TPSA) is 12.5 Å². The predicted molar refractivity (Wildman–Crippen MR) is 190 cm³/mol. The van der Waals surface area contributed by atoms with Crippen molar-refractivity contribution in [3.63, 3.8) is 0 Å². The zero-order valence-corrected chi connectivity index (χ0v) is 30.9. The van der Waals surface area contributed by atoms with Gasteiger partial charge in [0.25, 0.3) is 0 Å². The maximum atomic E-state index is 5.82. The molecule has 1 fully saturated rings. The zero-order chi connectivity index (χ0) is 32.2. The first-order chi connectivity index (χ1) is 20.7. The van der Waals surface area contributed by atoms with Gasteiger partial charge in [-0.1, -0.05) is 101 Å². The summed E-state index contributed by atoms with van der Waals surface area (Å²) in [5.74, 6) is 1.84. The molecule has 0 bridgehead atoms. The van der Waals surface area contributed by atoms with Gasteiger partial charge in [0.05, 0.1) is 0 Å². The van der Waals surface area contributed by atoms with Gasteiger partial charge in [0, 0.05) is 11.2 Å². The van der Waals surface area contributed by atoms with Crippen LogP contribution in [0.15, 0.2) is 84.9 Å². The van der Waals surface area contributed by atoms with Crippen molar-refractivity contribution in [3.8, 4) is 5.75 Å². The fraction of sp³-hybridized carbons (Fsp3) is 0.385. The van der Waals surface area contributed by atoms with Crippen LogP contribution in [-0.4, -0.2) is 16.3 Å². The molecule has 0 N–H and O–H groups in total. The van der Waals surface area contributed by atoms with E-state index in [-0.39, 0.29) is 17.1 Å². The molecule has 0 spiro atoms. The Morgan fingerprint density at radius 3 is 1.95 bits per heavy atom. The average Bonchev–Trinajstić information content (AvgIpc) is 3.22. The van der Waals surface area contributed by atoms with Gasteiger partial charge in [-0.15, -0.1) is 5.41 Å². The molecule has 44 heavy (non-hydrogen) atoms. The molecule has 0 amide bonds. The second-order valence-electron chi connectivity index (χ2n) is 13.6. The molecule has 1 aliphatic rings. The minimum Gasteiger partial charge on any atom is -0.517 e. The molecule has 0 aliphatic carbocycles. The molecule has 0 saturated carbocycles. The van der Waals surface area contributed by atoms with Crippen LogP contribution in [0.3, 0.4) is 0 Å². The number of ether oxygens (including phenoxy) is 1. The number of anilines is 1. The van der Waals surface area contributed by atoms with Crippen LogP contribution in [-0.2, 0) is 18.9 Å². The first-order valence-electron chi connectivity index (χ1n) is 15.6. The van der Waals surface area contributed by atoms with E-state index in [0.29, 0.717) is 11.8 Å². The van der Waals surface area contributed by atoms with E-state index in [1.807, 2.05) is 42.7 Å². The van der Waals surface area contributed by atoms with Crippen molar-refractivity contribution in [2.24, 2.45) is 0 Å². The van der Waals surface area contributed by atoms with E-state index >= 15 is 0 Å². The molecular weight excluding hydrogens is 670 g/mol. The summed E-state index contributed by atoms with van der Waals surface area (Å²) in [6, 6.07) is 30.3. The first kappa shape index (κ1) is 34.7. The second kappa shape index (κ2) is 14.5. The molecule has 4 aromatic carbocycles. The van der Waals surface area contributed by atoms with Crippen molar-refractivity contribution in [1.29, 1.82) is 0 Å². The molecule has 5 rings (SSSR count). The molecule has 0 radical (unpaired) electrons. The van der Waals surface area contributed by atoms with E-state index in [0.717, 1.165) is 17.7 Å². The van der Waals surface area contributed by atoms with Crippen molar-refractivity contribution in [2.45, 2.75) is 97.6 Å². The van der Waals surface area contributed by atoms with Gasteiger partial charge >= 0.3 is 97.8 Å². The number of fused-ring (bicyclic) bond motifs is 1. The summed E-state index contributed by atoms with van der Waals surface area (Å²) in [4.78, 5) is 2.60. The molecule has 1 atom stereocenters. The Bertz CT molecular complexity index is 1580. The summed E-state index contributed by atoms with van der Waals surface area (Å²) in [7, 11) is 11.6. The number of nitrogens with zero attached hydrogens (tertiary/aromatic N) is 1. The molecule has 2 nitrogen and oxygen atoms in total. The van der Waals surface area contributed by atoms with Crippen molar-refractivity contribution < 1.29 is 18.3 Å². The predicted octanol–water partition coefficient (Wildman–Crippen LogP) is 11.7. The molecular formula is C39H48Cl2NORu-. The van der Waals surface area contributed by atoms with Crippen LogP contribution >= 0.6 is 19.4 Å². The van der Waals surface area contributed by atoms with E-state index in [9.17, 15) is 0 Å². The Hall–Kier alpha value is -2.19. The number of hydrogen-bond donors (Lipinski definition) is 0. The third kappa shape index (κ3) is 8.14. The summed E-state index contributed by atoms with van der Waals surface area (Å²) in [5, 5.41) is 2.64. The van der Waals surface area contributed by atoms with Gasteiger partial charge in [0.2, 0.25) is 0 Å². The second-order valence-corrected chi connectivity index (χ2v) is 19.3. The minimum absolute atomic E-state index is 0.00583. The Morgan fingerprint density at radius 2 is 1.36 bits per heavy atom. The van der Waals surface area contributed by atoms with Crippen LogP contribution in [0.1, 0.15) is 103 Å². The summed E-state index contributed by atoms with van der Waals surface area (Å²) < 4.78 is 7.51. The Kier molecular flexibility index (Phi) is 11.4. The molecule has 1 heterocycles. The van der Waals surface area contributed by atoms with Gasteiger partial charge in [-0.2, -0.15) is 0 Å². The Balaban J connectivity index is 0.000000265. The van der Waals surface area contributed by atoms with Crippen LogP contribution in [0.4, 0.5) is 5.69 Å². The average molecular weight is 719 g/mol. The molecule has 1 aliphatic heterocycles. The van der Waals surface area contributed by atoms with Gasteiger partial charge in [-0.25, -0.2) is 6.54 Å². The third-order valence-electron chi connectivity index (χ3n) is 8.33. The van der Waals surface area contributed by atoms with Crippen molar-refractivity contribution in [3.05, 3.63) is 114 Å². The summed E-state index contributed by atoms with van der Waals surface area (Å²) in [6.07, 6.45) is 1.26. The summed E-state index contributed by atoms with van der Waals surface area (Å²) in [6.45, 7) is 23.0. The van der Waals surface area contributed by atoms with Gasteiger partial charge in [0.15, 0.2) is 0 Å². The number of halogens is 2. The minimum atomic E-state index is -1.77. The largest absolute Gasteiger partial charge is 0.517 e. The zero-order valence-electron chi connectivity index (χ0n) is 27.6. The Labute approximate surface area is 279 Å². The van der Waals surface area contributed by atoms with E-state index in [1.165, 1.54) is 33.2 Å². The van der Waals surface area contributed by atoms with Gasteiger partial charge in [-0.3, -0.25) is 0 Å². The molecule has 5 heteroatoms. The van der Waals surface area contributed by atoms with Gasteiger partial charge < -0.3 is 4.90 Å². The van der Waals surface area contributed by atoms with E-state index in [4.69, 9.17) is 24.1 Å². The fourth-order valence-electron chi connectivity index (χ4n) is 6.38. The van der Waals surface area contributed by atoms with Crippen LogP contribution in [0, 0.1) is 6.54 Å². The SMILES string of the molecule is CC(C)Oc1ccccc1[CH]=[Ru]([Cl])[Cl].CC(C)c1cccc(C(C)C)c1N1[CH-]C(C)(c2ccc3ccccc3c2)CC1(C)C. The molecule has 238 valence electrons. The number of benzene rings is 4. The number of hydrogen-bond acceptors (Lipinski definition) is 2. The smallest absolute Gasteiger partial charge is 0.0145 e. The Morgan fingerprint density at radius 1 is 0.773 bits per heavy atom. The van der Waals surface area contributed by atoms with E-state index < -0.39 is 13.5 Å². The maximum Gasteiger partial charge on any atom is 0.0145 e. The van der Waals surface area contributed by atoms with Crippen molar-refractivity contribution in [1.82, 2.24) is 0 Å². The van der Waals surface area contributed by atoms with Crippen LogP contribution in [0.2, 0.25) is 0 Å². The van der Waals surface area contributed by atoms with Gasteiger partial charge in [-0.05, 0) is 54.0 Å². The van der Waals surface area contributed by atoms with E-state index in [1.54, 1.807) is 0 Å². The van der Waals surface area contributed by atoms with Crippen LogP contribution in [0.25, 0.3) is 10.8 Å². The normalized spacial score (nSPS) is 18.0. The fourth-order valence-corrected chi connectivity index (χ4v) is 8.18. The van der Waals surface area contributed by atoms with Crippen molar-refractivity contribution in [2.75, 3.05) is 4.90 Å². The molecule has 4 aromatic rings. The van der Waals surface area contributed by atoms with Crippen molar-refractivity contribution >= 4 is 40.5 Å². The third-order valence-corrected chi connectivity index (χ3v) is 10.2.